The van der Waals surface area contributed by atoms with Crippen molar-refractivity contribution in [2.75, 3.05) is 12.0 Å². The Balaban J connectivity index is 0.000000442. The molecule has 1 unspecified atom stereocenters. The molecule has 1 aliphatic heterocycles. The minimum Gasteiger partial charge on any atom is -0.394 e. The summed E-state index contributed by atoms with van der Waals surface area (Å²) in [5.74, 6) is 0. The zero-order valence-corrected chi connectivity index (χ0v) is 10.0. The molecule has 1 atom stereocenters. The lowest BCUT2D eigenvalue weighted by Gasteiger charge is -2.04. The van der Waals surface area contributed by atoms with Crippen molar-refractivity contribution in [1.82, 2.24) is 5.43 Å². The molecule has 0 aromatic heterocycles. The minimum atomic E-state index is 0.0474. The average molecular weight is 210 g/mol. The number of hydrogen-bond acceptors (Lipinski definition) is 3. The van der Waals surface area contributed by atoms with Gasteiger partial charge in [-0.1, -0.05) is 45.9 Å². The molecule has 0 spiro atoms. The fraction of sp³-hybridized carbons (Fsp3) is 0.500. The van der Waals surface area contributed by atoms with E-state index in [4.69, 9.17) is 5.11 Å². The van der Waals surface area contributed by atoms with E-state index in [0.717, 1.165) is 11.3 Å². The highest BCUT2D eigenvalue weighted by atomic mass is 16.3. The van der Waals surface area contributed by atoms with Crippen LogP contribution in [0.15, 0.2) is 24.3 Å². The van der Waals surface area contributed by atoms with Crippen molar-refractivity contribution >= 4 is 5.69 Å². The van der Waals surface area contributed by atoms with Gasteiger partial charge in [0.2, 0.25) is 0 Å². The normalized spacial score (nSPS) is 16.2. The van der Waals surface area contributed by atoms with Crippen LogP contribution in [0.3, 0.4) is 0 Å². The van der Waals surface area contributed by atoms with Crippen LogP contribution in [0, 0.1) is 0 Å². The van der Waals surface area contributed by atoms with Gasteiger partial charge >= 0.3 is 0 Å². The predicted octanol–water partition coefficient (Wildman–Crippen LogP) is 2.70. The van der Waals surface area contributed by atoms with Gasteiger partial charge in [0, 0.05) is 0 Å². The van der Waals surface area contributed by atoms with Crippen LogP contribution >= 0.6 is 0 Å². The maximum Gasteiger partial charge on any atom is 0.0761 e. The molecule has 1 aromatic carbocycles. The number of benzene rings is 1. The Bertz CT molecular complexity index is 264. The summed E-state index contributed by atoms with van der Waals surface area (Å²) >= 11 is 0. The van der Waals surface area contributed by atoms with Gasteiger partial charge in [0.25, 0.3) is 0 Å². The van der Waals surface area contributed by atoms with Gasteiger partial charge in [0.1, 0.15) is 0 Å². The Kier molecular flexibility index (Phi) is 7.68. The molecule has 0 amide bonds. The Morgan fingerprint density at radius 2 is 1.73 bits per heavy atom. The van der Waals surface area contributed by atoms with Crippen molar-refractivity contribution in [2.45, 2.75) is 33.7 Å². The Morgan fingerprint density at radius 1 is 1.13 bits per heavy atom. The van der Waals surface area contributed by atoms with E-state index < -0.39 is 0 Å². The number of anilines is 1. The molecule has 15 heavy (non-hydrogen) atoms. The van der Waals surface area contributed by atoms with Crippen LogP contribution in [0.2, 0.25) is 0 Å². The van der Waals surface area contributed by atoms with Gasteiger partial charge in [-0.15, -0.1) is 0 Å². The number of hydrogen-bond donors (Lipinski definition) is 3. The van der Waals surface area contributed by atoms with Gasteiger partial charge in [0.15, 0.2) is 0 Å². The number of para-hydroxylation sites is 1. The van der Waals surface area contributed by atoms with Crippen molar-refractivity contribution < 1.29 is 5.11 Å². The average Bonchev–Trinajstić information content (AvgIpc) is 2.77. The first kappa shape index (κ1) is 13.9. The third-order valence-electron chi connectivity index (χ3n) is 1.90. The first-order chi connectivity index (χ1) is 7.42. The molecule has 86 valence electrons. The topological polar surface area (TPSA) is 44.3 Å². The predicted molar refractivity (Wildman–Crippen MR) is 65.7 cm³/mol. The van der Waals surface area contributed by atoms with Gasteiger partial charge in [-0.05, 0) is 11.6 Å². The van der Waals surface area contributed by atoms with E-state index >= 15 is 0 Å². The maximum absolute atomic E-state index is 8.91. The summed E-state index contributed by atoms with van der Waals surface area (Å²) in [5.41, 5.74) is 8.16. The Hall–Kier alpha value is -1.06. The Morgan fingerprint density at radius 3 is 2.33 bits per heavy atom. The molecule has 0 saturated carbocycles. The molecule has 2 rings (SSSR count). The first-order valence-corrected chi connectivity index (χ1v) is 5.63. The van der Waals surface area contributed by atoms with Crippen molar-refractivity contribution in [3.8, 4) is 0 Å². The lowest BCUT2D eigenvalue weighted by atomic mass is 10.1. The highest BCUT2D eigenvalue weighted by Gasteiger charge is 2.19. The number of rotatable bonds is 1. The summed E-state index contributed by atoms with van der Waals surface area (Å²) in [6.45, 7) is 8.13. The lowest BCUT2D eigenvalue weighted by molar-refractivity contribution is 0.256. The van der Waals surface area contributed by atoms with E-state index in [1.54, 1.807) is 0 Å². The summed E-state index contributed by atoms with van der Waals surface area (Å²) in [5, 5.41) is 8.91. The molecule has 0 fully saturated rings. The van der Waals surface area contributed by atoms with Crippen LogP contribution < -0.4 is 10.9 Å². The van der Waals surface area contributed by atoms with Crippen LogP contribution in [0.5, 0.6) is 0 Å². The third-order valence-corrected chi connectivity index (χ3v) is 1.90. The summed E-state index contributed by atoms with van der Waals surface area (Å²) in [6, 6.07) is 7.97. The van der Waals surface area contributed by atoms with Gasteiger partial charge in [-0.25, -0.2) is 5.43 Å². The number of hydrazine groups is 1. The fourth-order valence-corrected chi connectivity index (χ4v) is 1.30. The van der Waals surface area contributed by atoms with Gasteiger partial charge in [-0.3, -0.25) is 0 Å². The SMILES string of the molecule is CC.CC.OCC1NNc2ccccc21. The van der Waals surface area contributed by atoms with Crippen molar-refractivity contribution in [1.29, 1.82) is 0 Å². The highest BCUT2D eigenvalue weighted by molar-refractivity contribution is 5.55. The quantitative estimate of drug-likeness (QED) is 0.667. The molecular formula is C12H22N2O. The molecule has 3 N–H and O–H groups in total. The number of nitrogens with one attached hydrogen (secondary N) is 2. The molecule has 1 aromatic rings. The van der Waals surface area contributed by atoms with E-state index in [9.17, 15) is 0 Å². The van der Waals surface area contributed by atoms with Gasteiger partial charge in [-0.2, -0.15) is 0 Å². The molecule has 1 heterocycles. The van der Waals surface area contributed by atoms with E-state index in [1.807, 2.05) is 52.0 Å². The second-order valence-electron chi connectivity index (χ2n) is 2.59. The zero-order valence-electron chi connectivity index (χ0n) is 10.0. The van der Waals surface area contributed by atoms with Crippen molar-refractivity contribution in [3.63, 3.8) is 0 Å². The largest absolute Gasteiger partial charge is 0.394 e. The molecule has 3 heteroatoms. The van der Waals surface area contributed by atoms with Crippen LogP contribution in [0.4, 0.5) is 5.69 Å². The highest BCUT2D eigenvalue weighted by Crippen LogP contribution is 2.26. The van der Waals surface area contributed by atoms with Gasteiger partial charge in [0.05, 0.1) is 18.3 Å². The summed E-state index contributed by atoms with van der Waals surface area (Å²) in [7, 11) is 0. The zero-order chi connectivity index (χ0) is 11.7. The van der Waals surface area contributed by atoms with Crippen LogP contribution in [-0.4, -0.2) is 11.7 Å². The molecular weight excluding hydrogens is 188 g/mol. The second kappa shape index (κ2) is 8.26. The molecule has 1 aliphatic rings. The fourth-order valence-electron chi connectivity index (χ4n) is 1.30. The molecule has 0 bridgehead atoms. The second-order valence-corrected chi connectivity index (χ2v) is 2.59. The van der Waals surface area contributed by atoms with E-state index in [2.05, 4.69) is 10.9 Å². The van der Waals surface area contributed by atoms with Gasteiger partial charge < -0.3 is 10.5 Å². The van der Waals surface area contributed by atoms with E-state index in [-0.39, 0.29) is 12.6 Å². The van der Waals surface area contributed by atoms with Crippen molar-refractivity contribution in [2.24, 2.45) is 0 Å². The number of fused-ring (bicyclic) bond motifs is 1. The lowest BCUT2D eigenvalue weighted by Crippen LogP contribution is -2.21. The standard InChI is InChI=1S/C8H10N2O.2C2H6/c11-5-8-6-3-1-2-4-7(6)9-10-8;2*1-2/h1-4,8-11H,5H2;2*1-2H3. The minimum absolute atomic E-state index is 0.0474. The van der Waals surface area contributed by atoms with Crippen LogP contribution in [0.25, 0.3) is 0 Å². The molecule has 0 radical (unpaired) electrons. The molecule has 0 aliphatic carbocycles. The number of aliphatic hydroxyl groups is 1. The smallest absolute Gasteiger partial charge is 0.0761 e. The van der Waals surface area contributed by atoms with Crippen molar-refractivity contribution in [3.05, 3.63) is 29.8 Å². The summed E-state index contributed by atoms with van der Waals surface area (Å²) < 4.78 is 0. The third kappa shape index (κ3) is 3.53. The van der Waals surface area contributed by atoms with E-state index in [1.165, 1.54) is 0 Å². The maximum atomic E-state index is 8.91. The molecule has 3 nitrogen and oxygen atoms in total. The van der Waals surface area contributed by atoms with E-state index in [0.29, 0.717) is 0 Å². The molecule has 0 saturated heterocycles. The van der Waals surface area contributed by atoms with Crippen LogP contribution in [0.1, 0.15) is 39.3 Å². The number of aliphatic hydroxyl groups excluding tert-OH is 1. The Labute approximate surface area is 92.5 Å². The summed E-state index contributed by atoms with van der Waals surface area (Å²) in [4.78, 5) is 0. The monoisotopic (exact) mass is 210 g/mol. The van der Waals surface area contributed by atoms with Crippen LogP contribution in [-0.2, 0) is 0 Å². The first-order valence-electron chi connectivity index (χ1n) is 5.63. The summed E-state index contributed by atoms with van der Waals surface area (Å²) in [6.07, 6.45) is 0.